The van der Waals surface area contributed by atoms with Crippen LogP contribution < -0.4 is 5.32 Å². The highest BCUT2D eigenvalue weighted by atomic mass is 32.2. The molecule has 1 atom stereocenters. The molecule has 0 saturated carbocycles. The fraction of sp³-hybridized carbons (Fsp3) is 0.538. The molecule has 0 aliphatic carbocycles. The third kappa shape index (κ3) is 4.99. The summed E-state index contributed by atoms with van der Waals surface area (Å²) in [6, 6.07) is 7.43. The second-order valence-electron chi connectivity index (χ2n) is 3.84. The van der Waals surface area contributed by atoms with Gasteiger partial charge in [0.25, 0.3) is 0 Å². The molecule has 0 aliphatic rings. The first-order valence-electron chi connectivity index (χ1n) is 5.82. The Morgan fingerprint density at radius 3 is 2.88 bits per heavy atom. The van der Waals surface area contributed by atoms with Crippen LogP contribution in [0.4, 0.5) is 4.39 Å². The maximum atomic E-state index is 12.9. The molecule has 1 aromatic carbocycles. The van der Waals surface area contributed by atoms with Crippen LogP contribution in [0.1, 0.15) is 26.2 Å². The second-order valence-corrected chi connectivity index (χ2v) is 5.01. The summed E-state index contributed by atoms with van der Waals surface area (Å²) in [6.45, 7) is 2.20. The molecule has 0 aromatic heterocycles. The molecular weight excluding hydrogens is 221 g/mol. The van der Waals surface area contributed by atoms with E-state index in [0.717, 1.165) is 10.6 Å². The van der Waals surface area contributed by atoms with E-state index >= 15 is 0 Å². The Balaban J connectivity index is 2.20. The summed E-state index contributed by atoms with van der Waals surface area (Å²) in [5.41, 5.74) is 0. The smallest absolute Gasteiger partial charge is 0.124 e. The van der Waals surface area contributed by atoms with E-state index in [-0.39, 0.29) is 5.82 Å². The standard InChI is InChI=1S/C13H20FNS/c1-3-12(15-2)7-5-9-16-13-8-4-6-11(14)10-13/h4,6,8,10,12,15H,3,5,7,9H2,1-2H3. The molecule has 1 rings (SSSR count). The van der Waals surface area contributed by atoms with Gasteiger partial charge in [0.2, 0.25) is 0 Å². The largest absolute Gasteiger partial charge is 0.317 e. The fourth-order valence-corrected chi connectivity index (χ4v) is 2.55. The fourth-order valence-electron chi connectivity index (χ4n) is 1.63. The molecule has 0 spiro atoms. The van der Waals surface area contributed by atoms with Crippen molar-refractivity contribution in [3.63, 3.8) is 0 Å². The first kappa shape index (κ1) is 13.5. The first-order valence-corrected chi connectivity index (χ1v) is 6.80. The van der Waals surface area contributed by atoms with Crippen LogP contribution >= 0.6 is 11.8 Å². The lowest BCUT2D eigenvalue weighted by Gasteiger charge is -2.12. The highest BCUT2D eigenvalue weighted by Crippen LogP contribution is 2.20. The molecule has 1 unspecified atom stereocenters. The van der Waals surface area contributed by atoms with Crippen LogP contribution in [0.3, 0.4) is 0 Å². The van der Waals surface area contributed by atoms with Gasteiger partial charge in [-0.2, -0.15) is 0 Å². The Morgan fingerprint density at radius 2 is 2.25 bits per heavy atom. The van der Waals surface area contributed by atoms with Crippen molar-refractivity contribution in [2.45, 2.75) is 37.1 Å². The van der Waals surface area contributed by atoms with Crippen LogP contribution in [-0.2, 0) is 0 Å². The number of nitrogens with one attached hydrogen (secondary N) is 1. The Kier molecular flexibility index (Phi) is 6.50. The zero-order chi connectivity index (χ0) is 11.8. The van der Waals surface area contributed by atoms with Crippen LogP contribution in [0.25, 0.3) is 0 Å². The van der Waals surface area contributed by atoms with Crippen molar-refractivity contribution in [1.82, 2.24) is 5.32 Å². The predicted octanol–water partition coefficient (Wildman–Crippen LogP) is 3.70. The molecule has 0 fully saturated rings. The number of thioether (sulfide) groups is 1. The zero-order valence-electron chi connectivity index (χ0n) is 10.0. The number of halogens is 1. The van der Waals surface area contributed by atoms with Gasteiger partial charge in [0.05, 0.1) is 0 Å². The molecule has 1 aromatic rings. The van der Waals surface area contributed by atoms with Crippen LogP contribution in [0.5, 0.6) is 0 Å². The van der Waals surface area contributed by atoms with E-state index < -0.39 is 0 Å². The highest BCUT2D eigenvalue weighted by molar-refractivity contribution is 7.99. The first-order chi connectivity index (χ1) is 7.76. The molecule has 0 aliphatic heterocycles. The number of hydrogen-bond acceptors (Lipinski definition) is 2. The Bertz CT molecular complexity index is 300. The van der Waals surface area contributed by atoms with Gasteiger partial charge in [-0.15, -0.1) is 11.8 Å². The summed E-state index contributed by atoms with van der Waals surface area (Å²) in [5, 5.41) is 3.29. The summed E-state index contributed by atoms with van der Waals surface area (Å²) < 4.78 is 12.9. The molecule has 0 heterocycles. The van der Waals surface area contributed by atoms with Crippen molar-refractivity contribution >= 4 is 11.8 Å². The molecule has 0 amide bonds. The molecule has 3 heteroatoms. The molecule has 0 bridgehead atoms. The minimum Gasteiger partial charge on any atom is -0.317 e. The third-order valence-electron chi connectivity index (χ3n) is 2.66. The summed E-state index contributed by atoms with van der Waals surface area (Å²) in [5.74, 6) is 0.911. The van der Waals surface area contributed by atoms with E-state index in [4.69, 9.17) is 0 Å². The van der Waals surface area contributed by atoms with Gasteiger partial charge in [0.1, 0.15) is 5.82 Å². The average Bonchev–Trinajstić information content (AvgIpc) is 2.29. The molecule has 1 nitrogen and oxygen atoms in total. The van der Waals surface area contributed by atoms with Crippen LogP contribution in [0.15, 0.2) is 29.2 Å². The SMILES string of the molecule is CCC(CCCSc1cccc(F)c1)NC. The van der Waals surface area contributed by atoms with Gasteiger partial charge in [-0.25, -0.2) is 4.39 Å². The van der Waals surface area contributed by atoms with Gasteiger partial charge in [0, 0.05) is 10.9 Å². The molecule has 0 radical (unpaired) electrons. The maximum absolute atomic E-state index is 12.9. The van der Waals surface area contributed by atoms with E-state index in [1.165, 1.54) is 25.3 Å². The maximum Gasteiger partial charge on any atom is 0.124 e. The monoisotopic (exact) mass is 241 g/mol. The van der Waals surface area contributed by atoms with E-state index in [2.05, 4.69) is 12.2 Å². The van der Waals surface area contributed by atoms with Crippen molar-refractivity contribution in [1.29, 1.82) is 0 Å². The highest BCUT2D eigenvalue weighted by Gasteiger charge is 2.02. The summed E-state index contributed by atoms with van der Waals surface area (Å²) in [7, 11) is 2.01. The topological polar surface area (TPSA) is 12.0 Å². The average molecular weight is 241 g/mol. The van der Waals surface area contributed by atoms with Crippen LogP contribution in [-0.4, -0.2) is 18.8 Å². The minimum atomic E-state index is -0.147. The Morgan fingerprint density at radius 1 is 1.44 bits per heavy atom. The summed E-state index contributed by atoms with van der Waals surface area (Å²) in [4.78, 5) is 1.03. The summed E-state index contributed by atoms with van der Waals surface area (Å²) in [6.07, 6.45) is 3.52. The number of benzene rings is 1. The molecule has 1 N–H and O–H groups in total. The Hall–Kier alpha value is -0.540. The lowest BCUT2D eigenvalue weighted by molar-refractivity contribution is 0.504. The van der Waals surface area contributed by atoms with Crippen LogP contribution in [0.2, 0.25) is 0 Å². The number of hydrogen-bond donors (Lipinski definition) is 1. The van der Waals surface area contributed by atoms with Crippen molar-refractivity contribution in [2.24, 2.45) is 0 Å². The number of rotatable bonds is 7. The van der Waals surface area contributed by atoms with Gasteiger partial charge in [-0.3, -0.25) is 0 Å². The quantitative estimate of drug-likeness (QED) is 0.577. The van der Waals surface area contributed by atoms with E-state index in [1.807, 2.05) is 13.1 Å². The lowest BCUT2D eigenvalue weighted by Crippen LogP contribution is -2.23. The van der Waals surface area contributed by atoms with Crippen molar-refractivity contribution in [2.75, 3.05) is 12.8 Å². The van der Waals surface area contributed by atoms with Gasteiger partial charge in [-0.05, 0) is 50.3 Å². The van der Waals surface area contributed by atoms with Gasteiger partial charge in [0.15, 0.2) is 0 Å². The second kappa shape index (κ2) is 7.69. The lowest BCUT2D eigenvalue weighted by atomic mass is 10.1. The molecule has 90 valence electrons. The van der Waals surface area contributed by atoms with Crippen molar-refractivity contribution in [3.05, 3.63) is 30.1 Å². The van der Waals surface area contributed by atoms with Crippen molar-refractivity contribution in [3.8, 4) is 0 Å². The normalized spacial score (nSPS) is 12.7. The zero-order valence-corrected chi connectivity index (χ0v) is 10.8. The van der Waals surface area contributed by atoms with E-state index in [1.54, 1.807) is 23.9 Å². The third-order valence-corrected chi connectivity index (χ3v) is 3.74. The van der Waals surface area contributed by atoms with E-state index in [9.17, 15) is 4.39 Å². The van der Waals surface area contributed by atoms with Gasteiger partial charge < -0.3 is 5.32 Å². The van der Waals surface area contributed by atoms with Gasteiger partial charge >= 0.3 is 0 Å². The van der Waals surface area contributed by atoms with Crippen molar-refractivity contribution < 1.29 is 4.39 Å². The van der Waals surface area contributed by atoms with Crippen LogP contribution in [0, 0.1) is 5.82 Å². The molecule has 0 saturated heterocycles. The summed E-state index contributed by atoms with van der Waals surface area (Å²) >= 11 is 1.73. The van der Waals surface area contributed by atoms with Gasteiger partial charge in [-0.1, -0.05) is 13.0 Å². The predicted molar refractivity (Wildman–Crippen MR) is 69.5 cm³/mol. The van der Waals surface area contributed by atoms with E-state index in [0.29, 0.717) is 6.04 Å². The Labute approximate surface area is 102 Å². The molecule has 16 heavy (non-hydrogen) atoms. The minimum absolute atomic E-state index is 0.147. The molecular formula is C13H20FNS.